The molecule has 1 aliphatic carbocycles. The van der Waals surface area contributed by atoms with Crippen molar-refractivity contribution in [3.63, 3.8) is 0 Å². The summed E-state index contributed by atoms with van der Waals surface area (Å²) in [5, 5.41) is 4.29. The van der Waals surface area contributed by atoms with E-state index in [0.717, 1.165) is 25.7 Å². The molecule has 150 valence electrons. The fourth-order valence-corrected chi connectivity index (χ4v) is 2.89. The average Bonchev–Trinajstić information content (AvgIpc) is 2.81. The minimum absolute atomic E-state index is 0.0543. The van der Waals surface area contributed by atoms with E-state index in [9.17, 15) is 35.9 Å². The molecule has 2 N–H and O–H groups in total. The Morgan fingerprint density at radius 3 is 1.70 bits per heavy atom. The van der Waals surface area contributed by atoms with Crippen LogP contribution in [-0.4, -0.2) is 17.9 Å². The molecule has 2 amide bonds. The van der Waals surface area contributed by atoms with Crippen LogP contribution in [-0.2, 0) is 21.9 Å². The van der Waals surface area contributed by atoms with Crippen LogP contribution in [0, 0.1) is 0 Å². The van der Waals surface area contributed by atoms with Crippen LogP contribution >= 0.6 is 0 Å². The fraction of sp³-hybridized carbons (Fsp3) is 0.529. The summed E-state index contributed by atoms with van der Waals surface area (Å²) in [6.45, 7) is 0. The van der Waals surface area contributed by atoms with Crippen LogP contribution in [0.4, 0.5) is 32.0 Å². The fourth-order valence-electron chi connectivity index (χ4n) is 2.89. The number of carbonyl (C=O) groups excluding carboxylic acids is 2. The molecule has 1 aromatic carbocycles. The molecule has 1 aromatic rings. The van der Waals surface area contributed by atoms with Gasteiger partial charge in [-0.05, 0) is 31.0 Å². The first-order chi connectivity index (χ1) is 12.5. The summed E-state index contributed by atoms with van der Waals surface area (Å²) in [4.78, 5) is 23.8. The number of benzene rings is 1. The van der Waals surface area contributed by atoms with E-state index in [1.807, 2.05) is 5.32 Å². The molecule has 0 aliphatic heterocycles. The predicted molar refractivity (Wildman–Crippen MR) is 84.7 cm³/mol. The van der Waals surface area contributed by atoms with E-state index in [1.54, 1.807) is 0 Å². The van der Waals surface area contributed by atoms with Gasteiger partial charge in [0.2, 0.25) is 0 Å². The second-order valence-electron chi connectivity index (χ2n) is 6.41. The molecule has 0 aromatic heterocycles. The van der Waals surface area contributed by atoms with Crippen LogP contribution in [0.2, 0.25) is 0 Å². The van der Waals surface area contributed by atoms with Gasteiger partial charge in [-0.3, -0.25) is 9.59 Å². The normalized spacial score (nSPS) is 16.5. The molecule has 0 bridgehead atoms. The lowest BCUT2D eigenvalue weighted by molar-refractivity contribution is -0.143. The van der Waals surface area contributed by atoms with E-state index in [1.165, 1.54) is 0 Å². The number of anilines is 1. The molecule has 0 heterocycles. The number of halogens is 6. The molecule has 0 radical (unpaired) electrons. The maximum Gasteiger partial charge on any atom is 0.416 e. The minimum atomic E-state index is -5.04. The summed E-state index contributed by atoms with van der Waals surface area (Å²) in [7, 11) is 0. The maximum absolute atomic E-state index is 12.8. The largest absolute Gasteiger partial charge is 0.416 e. The number of rotatable bonds is 2. The topological polar surface area (TPSA) is 58.2 Å². The number of amides is 2. The molecular formula is C17H18F6N2O2. The van der Waals surface area contributed by atoms with Crippen LogP contribution in [0.25, 0.3) is 0 Å². The van der Waals surface area contributed by atoms with E-state index < -0.39 is 41.0 Å². The highest BCUT2D eigenvalue weighted by molar-refractivity contribution is 6.39. The molecule has 0 atom stereocenters. The van der Waals surface area contributed by atoms with Crippen LogP contribution < -0.4 is 10.6 Å². The van der Waals surface area contributed by atoms with Gasteiger partial charge in [-0.2, -0.15) is 26.3 Å². The second kappa shape index (κ2) is 8.18. The second-order valence-corrected chi connectivity index (χ2v) is 6.41. The quantitative estimate of drug-likeness (QED) is 0.439. The van der Waals surface area contributed by atoms with Crippen molar-refractivity contribution in [3.05, 3.63) is 29.3 Å². The Labute approximate surface area is 151 Å². The Morgan fingerprint density at radius 2 is 1.26 bits per heavy atom. The molecule has 1 aliphatic rings. The first-order valence-electron chi connectivity index (χ1n) is 8.38. The lowest BCUT2D eigenvalue weighted by Gasteiger charge is -2.17. The Kier molecular flexibility index (Phi) is 6.38. The Balaban J connectivity index is 2.14. The SMILES string of the molecule is O=C(Nc1cc(C(F)(F)F)cc(C(F)(F)F)c1)C(=O)NC1CCCCCC1. The van der Waals surface area contributed by atoms with Gasteiger partial charge in [-0.15, -0.1) is 0 Å². The zero-order valence-electron chi connectivity index (χ0n) is 14.1. The van der Waals surface area contributed by atoms with E-state index in [4.69, 9.17) is 0 Å². The van der Waals surface area contributed by atoms with Gasteiger partial charge in [-0.1, -0.05) is 25.7 Å². The van der Waals surface area contributed by atoms with Crippen molar-refractivity contribution >= 4 is 17.5 Å². The van der Waals surface area contributed by atoms with E-state index >= 15 is 0 Å². The summed E-state index contributed by atoms with van der Waals surface area (Å²) in [6.07, 6.45) is -5.00. The van der Waals surface area contributed by atoms with Gasteiger partial charge >= 0.3 is 24.2 Å². The van der Waals surface area contributed by atoms with Crippen LogP contribution in [0.5, 0.6) is 0 Å². The van der Waals surface area contributed by atoms with Crippen molar-refractivity contribution in [2.75, 3.05) is 5.32 Å². The molecule has 0 saturated heterocycles. The molecule has 1 fully saturated rings. The van der Waals surface area contributed by atoms with Crippen LogP contribution in [0.3, 0.4) is 0 Å². The van der Waals surface area contributed by atoms with Gasteiger partial charge < -0.3 is 10.6 Å². The van der Waals surface area contributed by atoms with Gasteiger partial charge in [0.05, 0.1) is 11.1 Å². The highest BCUT2D eigenvalue weighted by Gasteiger charge is 2.37. The lowest BCUT2D eigenvalue weighted by atomic mass is 10.1. The van der Waals surface area contributed by atoms with Crippen LogP contribution in [0.15, 0.2) is 18.2 Å². The van der Waals surface area contributed by atoms with Crippen molar-refractivity contribution < 1.29 is 35.9 Å². The number of hydrogen-bond donors (Lipinski definition) is 2. The number of carbonyl (C=O) groups is 2. The third-order valence-electron chi connectivity index (χ3n) is 4.24. The highest BCUT2D eigenvalue weighted by Crippen LogP contribution is 2.37. The Morgan fingerprint density at radius 1 is 0.778 bits per heavy atom. The highest BCUT2D eigenvalue weighted by atomic mass is 19.4. The Bertz CT molecular complexity index is 659. The van der Waals surface area contributed by atoms with Crippen molar-refractivity contribution in [1.82, 2.24) is 5.32 Å². The molecular weight excluding hydrogens is 378 g/mol. The maximum atomic E-state index is 12.8. The predicted octanol–water partition coefficient (Wildman–Crippen LogP) is 4.50. The molecule has 27 heavy (non-hydrogen) atoms. The lowest BCUT2D eigenvalue weighted by Crippen LogP contribution is -2.41. The monoisotopic (exact) mass is 396 g/mol. The number of hydrogen-bond acceptors (Lipinski definition) is 2. The zero-order chi connectivity index (χ0) is 20.2. The van der Waals surface area contributed by atoms with Crippen molar-refractivity contribution in [2.24, 2.45) is 0 Å². The summed E-state index contributed by atoms with van der Waals surface area (Å²) in [6, 6.07) is 0.414. The Hall–Kier alpha value is -2.26. The van der Waals surface area contributed by atoms with E-state index in [2.05, 4.69) is 5.32 Å². The first kappa shape index (κ1) is 21.0. The molecule has 0 spiro atoms. The van der Waals surface area contributed by atoms with Gasteiger partial charge in [-0.25, -0.2) is 0 Å². The van der Waals surface area contributed by atoms with Gasteiger partial charge in [0.1, 0.15) is 0 Å². The van der Waals surface area contributed by atoms with E-state index in [0.29, 0.717) is 25.0 Å². The van der Waals surface area contributed by atoms with Gasteiger partial charge in [0.25, 0.3) is 0 Å². The molecule has 10 heteroatoms. The summed E-state index contributed by atoms with van der Waals surface area (Å²) >= 11 is 0. The van der Waals surface area contributed by atoms with Gasteiger partial charge in [0.15, 0.2) is 0 Å². The smallest absolute Gasteiger partial charge is 0.345 e. The van der Waals surface area contributed by atoms with Crippen molar-refractivity contribution in [3.8, 4) is 0 Å². The summed E-state index contributed by atoms with van der Waals surface area (Å²) in [5.74, 6) is -2.40. The van der Waals surface area contributed by atoms with Crippen LogP contribution in [0.1, 0.15) is 49.7 Å². The van der Waals surface area contributed by atoms with E-state index in [-0.39, 0.29) is 12.1 Å². The minimum Gasteiger partial charge on any atom is -0.345 e. The molecule has 2 rings (SSSR count). The average molecular weight is 396 g/mol. The molecule has 1 saturated carbocycles. The number of alkyl halides is 6. The zero-order valence-corrected chi connectivity index (χ0v) is 14.1. The summed E-state index contributed by atoms with van der Waals surface area (Å²) in [5.41, 5.74) is -3.90. The third kappa shape index (κ3) is 6.14. The van der Waals surface area contributed by atoms with Crippen molar-refractivity contribution in [1.29, 1.82) is 0 Å². The van der Waals surface area contributed by atoms with Crippen molar-refractivity contribution in [2.45, 2.75) is 56.9 Å². The number of nitrogens with one attached hydrogen (secondary N) is 2. The first-order valence-corrected chi connectivity index (χ1v) is 8.38. The summed E-state index contributed by atoms with van der Waals surface area (Å²) < 4.78 is 76.9. The standard InChI is InChI=1S/C17H18F6N2O2/c18-16(19,20)10-7-11(17(21,22)23)9-13(8-10)25-15(27)14(26)24-12-5-3-1-2-4-6-12/h7-9,12H,1-6H2,(H,24,26)(H,25,27). The van der Waals surface area contributed by atoms with Gasteiger partial charge in [0, 0.05) is 11.7 Å². The molecule has 0 unspecified atom stereocenters. The third-order valence-corrected chi connectivity index (χ3v) is 4.24. The molecule has 4 nitrogen and oxygen atoms in total.